The minimum atomic E-state index is -0.372. The van der Waals surface area contributed by atoms with E-state index in [1.807, 2.05) is 37.3 Å². The predicted molar refractivity (Wildman–Crippen MR) is 88.6 cm³/mol. The largest absolute Gasteiger partial charge is 0.375 e. The van der Waals surface area contributed by atoms with Gasteiger partial charge in [0.2, 0.25) is 5.91 Å². The topological polar surface area (TPSA) is 38.3 Å². The summed E-state index contributed by atoms with van der Waals surface area (Å²) in [4.78, 5) is 12.5. The van der Waals surface area contributed by atoms with Gasteiger partial charge in [0.1, 0.15) is 5.82 Å². The molecule has 0 aliphatic heterocycles. The fourth-order valence-electron chi connectivity index (χ4n) is 2.62. The van der Waals surface area contributed by atoms with Crippen LogP contribution in [0.1, 0.15) is 36.5 Å². The van der Waals surface area contributed by atoms with Crippen molar-refractivity contribution in [1.29, 1.82) is 0 Å². The van der Waals surface area contributed by atoms with Crippen LogP contribution in [0.4, 0.5) is 4.39 Å². The predicted octanol–water partition coefficient (Wildman–Crippen LogP) is 3.82. The first kappa shape index (κ1) is 17.2. The molecular formula is C19H22FNO2. The Labute approximate surface area is 136 Å². The molecule has 4 heteroatoms. The Morgan fingerprint density at radius 2 is 1.83 bits per heavy atom. The first-order chi connectivity index (χ1) is 11.2. The standard InChI is InChI=1S/C19H22FNO2/c1-3-17(14-8-5-4-6-9-14)19(22)21-13-18(23-2)15-10-7-11-16(20)12-15/h4-12,17-18H,3,13H2,1-2H3,(H,21,22)/t17-,18+/m1/s1. The van der Waals surface area contributed by atoms with Gasteiger partial charge in [0, 0.05) is 13.7 Å². The Morgan fingerprint density at radius 3 is 2.43 bits per heavy atom. The zero-order valence-electron chi connectivity index (χ0n) is 13.5. The molecule has 2 aromatic carbocycles. The van der Waals surface area contributed by atoms with Gasteiger partial charge < -0.3 is 10.1 Å². The highest BCUT2D eigenvalue weighted by molar-refractivity contribution is 5.83. The molecule has 3 nitrogen and oxygen atoms in total. The number of amides is 1. The van der Waals surface area contributed by atoms with Crippen molar-refractivity contribution in [1.82, 2.24) is 5.32 Å². The van der Waals surface area contributed by atoms with Gasteiger partial charge in [0.25, 0.3) is 0 Å². The van der Waals surface area contributed by atoms with Crippen LogP contribution < -0.4 is 5.32 Å². The molecule has 0 spiro atoms. The monoisotopic (exact) mass is 315 g/mol. The third-order valence-electron chi connectivity index (χ3n) is 3.89. The number of methoxy groups -OCH3 is 1. The Kier molecular flexibility index (Phi) is 6.29. The summed E-state index contributed by atoms with van der Waals surface area (Å²) in [5.41, 5.74) is 1.70. The van der Waals surface area contributed by atoms with E-state index >= 15 is 0 Å². The number of carbonyl (C=O) groups is 1. The van der Waals surface area contributed by atoms with E-state index in [4.69, 9.17) is 4.74 Å². The molecule has 0 aliphatic carbocycles. The second kappa shape index (κ2) is 8.44. The molecule has 122 valence electrons. The maximum atomic E-state index is 13.3. The van der Waals surface area contributed by atoms with Crippen LogP contribution in [0.25, 0.3) is 0 Å². The lowest BCUT2D eigenvalue weighted by atomic mass is 9.95. The van der Waals surface area contributed by atoms with E-state index in [0.717, 1.165) is 5.56 Å². The van der Waals surface area contributed by atoms with Gasteiger partial charge in [-0.2, -0.15) is 0 Å². The normalized spacial score (nSPS) is 13.3. The quantitative estimate of drug-likeness (QED) is 0.843. The lowest BCUT2D eigenvalue weighted by molar-refractivity contribution is -0.123. The average Bonchev–Trinajstić information content (AvgIpc) is 2.57. The Morgan fingerprint density at radius 1 is 1.13 bits per heavy atom. The molecule has 0 aliphatic rings. The molecule has 0 fully saturated rings. The Balaban J connectivity index is 2.01. The number of hydrogen-bond acceptors (Lipinski definition) is 2. The van der Waals surface area contributed by atoms with Crippen molar-refractivity contribution in [2.24, 2.45) is 0 Å². The molecule has 0 unspecified atom stereocenters. The van der Waals surface area contributed by atoms with E-state index in [1.165, 1.54) is 12.1 Å². The van der Waals surface area contributed by atoms with Crippen molar-refractivity contribution in [3.8, 4) is 0 Å². The van der Waals surface area contributed by atoms with Crippen LogP contribution in [0.3, 0.4) is 0 Å². The van der Waals surface area contributed by atoms with Crippen LogP contribution >= 0.6 is 0 Å². The highest BCUT2D eigenvalue weighted by Crippen LogP contribution is 2.21. The van der Waals surface area contributed by atoms with Crippen LogP contribution in [0.2, 0.25) is 0 Å². The summed E-state index contributed by atoms with van der Waals surface area (Å²) in [7, 11) is 1.55. The molecule has 0 aromatic heterocycles. The van der Waals surface area contributed by atoms with Crippen molar-refractivity contribution in [3.05, 3.63) is 71.5 Å². The van der Waals surface area contributed by atoms with Crippen molar-refractivity contribution >= 4 is 5.91 Å². The number of nitrogens with one attached hydrogen (secondary N) is 1. The number of rotatable bonds is 7. The maximum Gasteiger partial charge on any atom is 0.227 e. The van der Waals surface area contributed by atoms with Gasteiger partial charge in [-0.25, -0.2) is 4.39 Å². The number of ether oxygens (including phenoxy) is 1. The lowest BCUT2D eigenvalue weighted by Gasteiger charge is -2.20. The smallest absolute Gasteiger partial charge is 0.227 e. The molecule has 1 N–H and O–H groups in total. The number of carbonyl (C=O) groups excluding carboxylic acids is 1. The summed E-state index contributed by atoms with van der Waals surface area (Å²) in [6.07, 6.45) is 0.343. The van der Waals surface area contributed by atoms with E-state index < -0.39 is 0 Å². The van der Waals surface area contributed by atoms with Crippen molar-refractivity contribution in [3.63, 3.8) is 0 Å². The maximum absolute atomic E-state index is 13.3. The van der Waals surface area contributed by atoms with Crippen LogP contribution in [0, 0.1) is 5.82 Å². The number of benzene rings is 2. The molecule has 2 rings (SSSR count). The second-order valence-corrected chi connectivity index (χ2v) is 5.40. The summed E-state index contributed by atoms with van der Waals surface area (Å²) < 4.78 is 18.7. The van der Waals surface area contributed by atoms with Gasteiger partial charge >= 0.3 is 0 Å². The van der Waals surface area contributed by atoms with Gasteiger partial charge in [-0.1, -0.05) is 49.4 Å². The van der Waals surface area contributed by atoms with Crippen molar-refractivity contribution in [2.75, 3.05) is 13.7 Å². The van der Waals surface area contributed by atoms with E-state index in [0.29, 0.717) is 18.5 Å². The first-order valence-corrected chi connectivity index (χ1v) is 7.76. The molecule has 0 radical (unpaired) electrons. The van der Waals surface area contributed by atoms with E-state index in [2.05, 4.69) is 5.32 Å². The summed E-state index contributed by atoms with van der Waals surface area (Å²) in [5, 5.41) is 2.91. The zero-order chi connectivity index (χ0) is 16.7. The number of hydrogen-bond donors (Lipinski definition) is 1. The average molecular weight is 315 g/mol. The van der Waals surface area contributed by atoms with Crippen LogP contribution in [0.15, 0.2) is 54.6 Å². The minimum absolute atomic E-state index is 0.0443. The second-order valence-electron chi connectivity index (χ2n) is 5.40. The summed E-state index contributed by atoms with van der Waals surface area (Å²) >= 11 is 0. The van der Waals surface area contributed by atoms with Gasteiger partial charge in [-0.15, -0.1) is 0 Å². The fraction of sp³-hybridized carbons (Fsp3) is 0.316. The summed E-state index contributed by atoms with van der Waals surface area (Å²) in [6, 6.07) is 15.9. The third kappa shape index (κ3) is 4.63. The molecule has 0 bridgehead atoms. The van der Waals surface area contributed by atoms with E-state index in [1.54, 1.807) is 19.2 Å². The molecule has 2 aromatic rings. The van der Waals surface area contributed by atoms with Gasteiger partial charge in [0.15, 0.2) is 0 Å². The highest BCUT2D eigenvalue weighted by atomic mass is 19.1. The van der Waals surface area contributed by atoms with E-state index in [9.17, 15) is 9.18 Å². The van der Waals surface area contributed by atoms with Crippen LogP contribution in [-0.2, 0) is 9.53 Å². The molecule has 0 saturated heterocycles. The van der Waals surface area contributed by atoms with Gasteiger partial charge in [-0.05, 0) is 29.7 Å². The van der Waals surface area contributed by atoms with Gasteiger partial charge in [0.05, 0.1) is 12.0 Å². The van der Waals surface area contributed by atoms with Crippen molar-refractivity contribution < 1.29 is 13.9 Å². The molecule has 1 amide bonds. The Bertz CT molecular complexity index is 630. The lowest BCUT2D eigenvalue weighted by Crippen LogP contribution is -2.33. The minimum Gasteiger partial charge on any atom is -0.375 e. The summed E-state index contributed by atoms with van der Waals surface area (Å²) in [6.45, 7) is 2.29. The fourth-order valence-corrected chi connectivity index (χ4v) is 2.62. The summed E-state index contributed by atoms with van der Waals surface area (Å²) in [5.74, 6) is -0.551. The Hall–Kier alpha value is -2.20. The van der Waals surface area contributed by atoms with Crippen LogP contribution in [0.5, 0.6) is 0 Å². The highest BCUT2D eigenvalue weighted by Gasteiger charge is 2.20. The zero-order valence-corrected chi connectivity index (χ0v) is 13.5. The third-order valence-corrected chi connectivity index (χ3v) is 3.89. The molecule has 23 heavy (non-hydrogen) atoms. The van der Waals surface area contributed by atoms with Gasteiger partial charge in [-0.3, -0.25) is 4.79 Å². The SMILES string of the molecule is CC[C@@H](C(=O)NC[C@H](OC)c1cccc(F)c1)c1ccccc1. The molecule has 0 saturated carbocycles. The van der Waals surface area contributed by atoms with E-state index in [-0.39, 0.29) is 23.7 Å². The molecule has 0 heterocycles. The van der Waals surface area contributed by atoms with Crippen molar-refractivity contribution in [2.45, 2.75) is 25.4 Å². The molecule has 2 atom stereocenters. The van der Waals surface area contributed by atoms with Crippen LogP contribution in [-0.4, -0.2) is 19.6 Å². The first-order valence-electron chi connectivity index (χ1n) is 7.76. The number of halogens is 1. The molecular weight excluding hydrogens is 293 g/mol.